The molecule has 4 aromatic rings. The van der Waals surface area contributed by atoms with Crippen molar-refractivity contribution >= 4 is 39.8 Å². The van der Waals surface area contributed by atoms with Gasteiger partial charge in [-0.1, -0.05) is 30.3 Å². The fourth-order valence-corrected chi connectivity index (χ4v) is 3.13. The van der Waals surface area contributed by atoms with Gasteiger partial charge in [-0.2, -0.15) is 5.10 Å². The van der Waals surface area contributed by atoms with Gasteiger partial charge in [0.25, 0.3) is 11.8 Å². The molecule has 8 nitrogen and oxygen atoms in total. The molecule has 2 aromatic carbocycles. The minimum Gasteiger partial charge on any atom is -0.353 e. The second kappa shape index (κ2) is 7.53. The van der Waals surface area contributed by atoms with Crippen LogP contribution in [0.2, 0.25) is 0 Å². The molecule has 0 spiro atoms. The maximum absolute atomic E-state index is 12.5. The maximum atomic E-state index is 12.5. The molecule has 8 heteroatoms. The van der Waals surface area contributed by atoms with E-state index in [0.29, 0.717) is 11.1 Å². The van der Waals surface area contributed by atoms with Gasteiger partial charge in [0.15, 0.2) is 0 Å². The Kier molecular flexibility index (Phi) is 4.76. The summed E-state index contributed by atoms with van der Waals surface area (Å²) in [5.41, 5.74) is 7.90. The number of carbonyl (C=O) groups excluding carboxylic acids is 2. The van der Waals surface area contributed by atoms with Gasteiger partial charge in [0.05, 0.1) is 17.4 Å². The lowest BCUT2D eigenvalue weighted by Crippen LogP contribution is -2.19. The van der Waals surface area contributed by atoms with Crippen molar-refractivity contribution in [3.8, 4) is 0 Å². The van der Waals surface area contributed by atoms with Crippen LogP contribution in [0.15, 0.2) is 59.7 Å². The topological polar surface area (TPSA) is 119 Å². The van der Waals surface area contributed by atoms with Crippen molar-refractivity contribution in [2.24, 2.45) is 5.10 Å². The van der Waals surface area contributed by atoms with E-state index in [9.17, 15) is 9.59 Å². The van der Waals surface area contributed by atoms with Gasteiger partial charge < -0.3 is 4.98 Å². The third kappa shape index (κ3) is 3.56. The molecular weight excluding hydrogens is 370 g/mol. The quantitative estimate of drug-likeness (QED) is 0.244. The van der Waals surface area contributed by atoms with Gasteiger partial charge in [-0.15, -0.1) is 0 Å². The molecule has 0 saturated heterocycles. The monoisotopic (exact) mass is 387 g/mol. The normalized spacial score (nSPS) is 11.2. The van der Waals surface area contributed by atoms with Gasteiger partial charge in [0.1, 0.15) is 5.69 Å². The average molecular weight is 387 g/mol. The van der Waals surface area contributed by atoms with Crippen molar-refractivity contribution in [1.29, 1.82) is 0 Å². The Morgan fingerprint density at radius 3 is 2.59 bits per heavy atom. The van der Waals surface area contributed by atoms with Crippen LogP contribution < -0.4 is 10.9 Å². The molecule has 0 aliphatic rings. The van der Waals surface area contributed by atoms with Crippen molar-refractivity contribution in [3.05, 3.63) is 77.1 Å². The number of hydroxylamine groups is 1. The first-order valence-electron chi connectivity index (χ1n) is 8.83. The number of rotatable bonds is 4. The summed E-state index contributed by atoms with van der Waals surface area (Å²) in [7, 11) is 0. The molecule has 2 amide bonds. The first-order chi connectivity index (χ1) is 14.1. The Bertz CT molecular complexity index is 1260. The summed E-state index contributed by atoms with van der Waals surface area (Å²) in [6.45, 7) is 1.85. The predicted molar refractivity (Wildman–Crippen MR) is 109 cm³/mol. The number of aromatic amines is 1. The lowest BCUT2D eigenvalue weighted by atomic mass is 10.1. The van der Waals surface area contributed by atoms with E-state index in [1.54, 1.807) is 23.7 Å². The first-order valence-corrected chi connectivity index (χ1v) is 8.83. The van der Waals surface area contributed by atoms with Crippen LogP contribution in [0, 0.1) is 6.92 Å². The number of hydrogen-bond acceptors (Lipinski definition) is 5. The summed E-state index contributed by atoms with van der Waals surface area (Å²) in [6.07, 6.45) is 1.45. The number of fused-ring (bicyclic) bond motifs is 3. The summed E-state index contributed by atoms with van der Waals surface area (Å²) in [5, 5.41) is 14.5. The first kappa shape index (κ1) is 18.3. The molecule has 4 rings (SSSR count). The molecule has 0 bridgehead atoms. The molecular formula is C21H17N5O3. The van der Waals surface area contributed by atoms with Crippen LogP contribution in [0.3, 0.4) is 0 Å². The van der Waals surface area contributed by atoms with E-state index in [0.717, 1.165) is 27.5 Å². The van der Waals surface area contributed by atoms with Crippen molar-refractivity contribution < 1.29 is 14.8 Å². The van der Waals surface area contributed by atoms with Crippen molar-refractivity contribution in [2.75, 3.05) is 0 Å². The summed E-state index contributed by atoms with van der Waals surface area (Å²) in [5.74, 6) is -1.02. The van der Waals surface area contributed by atoms with Crippen LogP contribution in [0.4, 0.5) is 0 Å². The van der Waals surface area contributed by atoms with Gasteiger partial charge in [0.2, 0.25) is 0 Å². The van der Waals surface area contributed by atoms with Gasteiger partial charge in [-0.25, -0.2) is 15.9 Å². The van der Waals surface area contributed by atoms with E-state index in [-0.39, 0.29) is 5.69 Å². The highest BCUT2D eigenvalue weighted by Crippen LogP contribution is 2.27. The van der Waals surface area contributed by atoms with E-state index in [4.69, 9.17) is 5.21 Å². The highest BCUT2D eigenvalue weighted by molar-refractivity contribution is 6.10. The minimum atomic E-state index is -0.601. The molecule has 2 heterocycles. The number of aryl methyl sites for hydroxylation is 1. The SMILES string of the molecule is Cc1nc(C(=O)N/N=C/c2ccc(C(=O)NO)cc2)cc2c1[nH]c1ccccc12. The smallest absolute Gasteiger partial charge is 0.289 e. The Morgan fingerprint density at radius 1 is 1.07 bits per heavy atom. The number of H-pyrrole nitrogens is 1. The number of nitrogens with one attached hydrogen (secondary N) is 3. The number of carbonyl (C=O) groups is 2. The zero-order valence-corrected chi connectivity index (χ0v) is 15.4. The van der Waals surface area contributed by atoms with E-state index in [2.05, 4.69) is 20.5 Å². The molecule has 0 saturated carbocycles. The average Bonchev–Trinajstić information content (AvgIpc) is 3.13. The lowest BCUT2D eigenvalue weighted by Gasteiger charge is -2.03. The molecule has 0 unspecified atom stereocenters. The number of para-hydroxylation sites is 1. The summed E-state index contributed by atoms with van der Waals surface area (Å²) >= 11 is 0. The largest absolute Gasteiger partial charge is 0.353 e. The molecule has 0 radical (unpaired) electrons. The molecule has 0 fully saturated rings. The van der Waals surface area contributed by atoms with E-state index in [1.807, 2.05) is 31.2 Å². The van der Waals surface area contributed by atoms with Crippen molar-refractivity contribution in [3.63, 3.8) is 0 Å². The Labute approximate surface area is 165 Å². The third-order valence-corrected chi connectivity index (χ3v) is 4.56. The number of hydrazone groups is 1. The fraction of sp³-hybridized carbons (Fsp3) is 0.0476. The van der Waals surface area contributed by atoms with E-state index < -0.39 is 11.8 Å². The van der Waals surface area contributed by atoms with Crippen LogP contribution >= 0.6 is 0 Å². The molecule has 0 atom stereocenters. The number of pyridine rings is 1. The summed E-state index contributed by atoms with van der Waals surface area (Å²) < 4.78 is 0. The van der Waals surface area contributed by atoms with Crippen LogP contribution in [0.25, 0.3) is 21.8 Å². The van der Waals surface area contributed by atoms with Crippen LogP contribution in [0.1, 0.15) is 32.1 Å². The number of nitrogens with zero attached hydrogens (tertiary/aromatic N) is 2. The lowest BCUT2D eigenvalue weighted by molar-refractivity contribution is 0.0706. The highest BCUT2D eigenvalue weighted by Gasteiger charge is 2.13. The molecule has 0 aliphatic heterocycles. The van der Waals surface area contributed by atoms with Crippen LogP contribution in [-0.2, 0) is 0 Å². The van der Waals surface area contributed by atoms with E-state index in [1.165, 1.54) is 18.3 Å². The number of hydrogen-bond donors (Lipinski definition) is 4. The molecule has 29 heavy (non-hydrogen) atoms. The predicted octanol–water partition coefficient (Wildman–Crippen LogP) is 2.91. The van der Waals surface area contributed by atoms with Gasteiger partial charge in [0, 0.05) is 21.9 Å². The van der Waals surface area contributed by atoms with Crippen molar-refractivity contribution in [2.45, 2.75) is 6.92 Å². The second-order valence-corrected chi connectivity index (χ2v) is 6.45. The van der Waals surface area contributed by atoms with Crippen molar-refractivity contribution in [1.82, 2.24) is 20.9 Å². The third-order valence-electron chi connectivity index (χ3n) is 4.56. The Hall–Kier alpha value is -4.04. The highest BCUT2D eigenvalue weighted by atomic mass is 16.5. The fourth-order valence-electron chi connectivity index (χ4n) is 3.13. The molecule has 144 valence electrons. The molecule has 2 aromatic heterocycles. The zero-order valence-electron chi connectivity index (χ0n) is 15.4. The Balaban J connectivity index is 1.54. The van der Waals surface area contributed by atoms with Gasteiger partial charge >= 0.3 is 0 Å². The number of amides is 2. The summed E-state index contributed by atoms with van der Waals surface area (Å²) in [6, 6.07) is 16.0. The molecule has 4 N–H and O–H groups in total. The zero-order chi connectivity index (χ0) is 20.4. The molecule has 0 aliphatic carbocycles. The van der Waals surface area contributed by atoms with Crippen LogP contribution in [0.5, 0.6) is 0 Å². The maximum Gasteiger partial charge on any atom is 0.289 e. The Morgan fingerprint density at radius 2 is 1.83 bits per heavy atom. The second-order valence-electron chi connectivity index (χ2n) is 6.45. The van der Waals surface area contributed by atoms with E-state index >= 15 is 0 Å². The number of benzene rings is 2. The minimum absolute atomic E-state index is 0.270. The standard InChI is InChI=1S/C21H17N5O3/c1-12-19-16(15-4-2-3-5-17(15)24-19)10-18(23-12)21(28)25-22-11-13-6-8-14(9-7-13)20(27)26-29/h2-11,24,29H,1H3,(H,25,28)(H,26,27)/b22-11+. The summed E-state index contributed by atoms with van der Waals surface area (Å²) in [4.78, 5) is 31.5. The van der Waals surface area contributed by atoms with Crippen LogP contribution in [-0.4, -0.2) is 33.2 Å². The number of aromatic nitrogens is 2. The van der Waals surface area contributed by atoms with Gasteiger partial charge in [-0.3, -0.25) is 14.8 Å². The van der Waals surface area contributed by atoms with Gasteiger partial charge in [-0.05, 0) is 36.8 Å².